The van der Waals surface area contributed by atoms with Crippen LogP contribution in [0.15, 0.2) is 24.5 Å². The van der Waals surface area contributed by atoms with Gasteiger partial charge >= 0.3 is 0 Å². The van der Waals surface area contributed by atoms with Crippen LogP contribution < -0.4 is 11.1 Å². The van der Waals surface area contributed by atoms with Gasteiger partial charge in [-0.2, -0.15) is 0 Å². The number of aryl methyl sites for hydroxylation is 2. The Morgan fingerprint density at radius 2 is 2.26 bits per heavy atom. The van der Waals surface area contributed by atoms with E-state index in [1.807, 2.05) is 29.7 Å². The van der Waals surface area contributed by atoms with E-state index in [0.717, 1.165) is 29.2 Å². The van der Waals surface area contributed by atoms with Gasteiger partial charge in [0.15, 0.2) is 5.82 Å². The van der Waals surface area contributed by atoms with Gasteiger partial charge in [0.25, 0.3) is 0 Å². The summed E-state index contributed by atoms with van der Waals surface area (Å²) in [5, 5.41) is 11.3. The van der Waals surface area contributed by atoms with Gasteiger partial charge in [0.1, 0.15) is 11.3 Å². The first-order valence-corrected chi connectivity index (χ1v) is 6.53. The quantitative estimate of drug-likeness (QED) is 0.815. The molecule has 0 saturated carbocycles. The van der Waals surface area contributed by atoms with Crippen LogP contribution in [-0.4, -0.2) is 19.8 Å². The van der Waals surface area contributed by atoms with E-state index in [1.54, 1.807) is 6.33 Å². The molecule has 6 heteroatoms. The van der Waals surface area contributed by atoms with E-state index in [9.17, 15) is 0 Å². The number of thiocarbonyl (C=S) groups is 1. The standard InChI is InChI=1S/C13H17N5S/c1-3-18-8-16-17-12(18)7-15-11-6-9(2)4-5-10(11)13(14)19/h4-6,8,15H,3,7H2,1-2H3,(H2,14,19). The van der Waals surface area contributed by atoms with Gasteiger partial charge in [-0.25, -0.2) is 0 Å². The molecule has 0 aliphatic rings. The monoisotopic (exact) mass is 275 g/mol. The maximum atomic E-state index is 5.73. The molecule has 3 N–H and O–H groups in total. The number of nitrogens with zero attached hydrogens (tertiary/aromatic N) is 3. The van der Waals surface area contributed by atoms with Gasteiger partial charge in [-0.15, -0.1) is 10.2 Å². The Morgan fingerprint density at radius 1 is 1.47 bits per heavy atom. The summed E-state index contributed by atoms with van der Waals surface area (Å²) in [4.78, 5) is 0.388. The number of hydrogen-bond donors (Lipinski definition) is 2. The lowest BCUT2D eigenvalue weighted by atomic mass is 10.1. The van der Waals surface area contributed by atoms with Gasteiger partial charge in [-0.3, -0.25) is 0 Å². The normalized spacial score (nSPS) is 10.4. The maximum absolute atomic E-state index is 5.73. The molecule has 2 aromatic rings. The molecule has 0 fully saturated rings. The van der Waals surface area contributed by atoms with Crippen LogP contribution in [0, 0.1) is 6.92 Å². The van der Waals surface area contributed by atoms with E-state index < -0.39 is 0 Å². The average molecular weight is 275 g/mol. The molecule has 5 nitrogen and oxygen atoms in total. The molecule has 0 aliphatic heterocycles. The zero-order chi connectivity index (χ0) is 13.8. The van der Waals surface area contributed by atoms with Crippen molar-refractivity contribution in [1.29, 1.82) is 0 Å². The number of hydrogen-bond acceptors (Lipinski definition) is 4. The fraction of sp³-hybridized carbons (Fsp3) is 0.308. The van der Waals surface area contributed by atoms with Gasteiger partial charge in [0.05, 0.1) is 6.54 Å². The second-order valence-corrected chi connectivity index (χ2v) is 4.74. The van der Waals surface area contributed by atoms with Crippen molar-refractivity contribution >= 4 is 22.9 Å². The Bertz CT molecular complexity index is 590. The van der Waals surface area contributed by atoms with E-state index in [-0.39, 0.29) is 0 Å². The summed E-state index contributed by atoms with van der Waals surface area (Å²) >= 11 is 5.06. The van der Waals surface area contributed by atoms with Crippen molar-refractivity contribution in [2.24, 2.45) is 5.73 Å². The van der Waals surface area contributed by atoms with Crippen molar-refractivity contribution in [2.45, 2.75) is 26.9 Å². The highest BCUT2D eigenvalue weighted by Crippen LogP contribution is 2.18. The van der Waals surface area contributed by atoms with Gasteiger partial charge < -0.3 is 15.6 Å². The number of benzene rings is 1. The Balaban J connectivity index is 2.19. The van der Waals surface area contributed by atoms with Crippen molar-refractivity contribution in [2.75, 3.05) is 5.32 Å². The highest BCUT2D eigenvalue weighted by molar-refractivity contribution is 7.80. The highest BCUT2D eigenvalue weighted by Gasteiger charge is 2.07. The first-order valence-electron chi connectivity index (χ1n) is 6.12. The molecule has 0 atom stereocenters. The number of aromatic nitrogens is 3. The summed E-state index contributed by atoms with van der Waals surface area (Å²) in [6.45, 7) is 5.52. The Kier molecular flexibility index (Phi) is 4.11. The Hall–Kier alpha value is -1.95. The molecular formula is C13H17N5S. The van der Waals surface area contributed by atoms with E-state index in [4.69, 9.17) is 18.0 Å². The molecule has 2 rings (SSSR count). The van der Waals surface area contributed by atoms with E-state index >= 15 is 0 Å². The number of rotatable bonds is 5. The van der Waals surface area contributed by atoms with E-state index in [1.165, 1.54) is 0 Å². The van der Waals surface area contributed by atoms with Gasteiger partial charge in [0, 0.05) is 17.8 Å². The summed E-state index contributed by atoms with van der Waals surface area (Å²) in [6.07, 6.45) is 1.72. The molecule has 0 radical (unpaired) electrons. The van der Waals surface area contributed by atoms with Crippen molar-refractivity contribution in [3.8, 4) is 0 Å². The van der Waals surface area contributed by atoms with Crippen LogP contribution in [0.3, 0.4) is 0 Å². The zero-order valence-corrected chi connectivity index (χ0v) is 11.9. The zero-order valence-electron chi connectivity index (χ0n) is 11.1. The van der Waals surface area contributed by atoms with Crippen molar-refractivity contribution in [3.63, 3.8) is 0 Å². The molecule has 1 aromatic carbocycles. The molecule has 19 heavy (non-hydrogen) atoms. The molecule has 0 spiro atoms. The second kappa shape index (κ2) is 5.79. The second-order valence-electron chi connectivity index (χ2n) is 4.30. The summed E-state index contributed by atoms with van der Waals surface area (Å²) in [5.74, 6) is 0.887. The molecule has 0 unspecified atom stereocenters. The molecule has 1 aromatic heterocycles. The Labute approximate surface area is 117 Å². The molecule has 0 aliphatic carbocycles. The third-order valence-electron chi connectivity index (χ3n) is 2.91. The van der Waals surface area contributed by atoms with Crippen LogP contribution in [0.2, 0.25) is 0 Å². The van der Waals surface area contributed by atoms with Gasteiger partial charge in [-0.05, 0) is 31.5 Å². The topological polar surface area (TPSA) is 68.8 Å². The average Bonchev–Trinajstić information content (AvgIpc) is 2.83. The minimum atomic E-state index is 0.388. The third kappa shape index (κ3) is 3.08. The molecule has 0 saturated heterocycles. The smallest absolute Gasteiger partial charge is 0.152 e. The fourth-order valence-corrected chi connectivity index (χ4v) is 2.05. The largest absolute Gasteiger partial charge is 0.389 e. The van der Waals surface area contributed by atoms with Crippen LogP contribution in [0.5, 0.6) is 0 Å². The molecule has 0 bridgehead atoms. The fourth-order valence-electron chi connectivity index (χ4n) is 1.87. The highest BCUT2D eigenvalue weighted by atomic mass is 32.1. The summed E-state index contributed by atoms with van der Waals surface area (Å²) in [7, 11) is 0. The number of anilines is 1. The SMILES string of the molecule is CCn1cnnc1CNc1cc(C)ccc1C(N)=S. The predicted molar refractivity (Wildman–Crippen MR) is 80.1 cm³/mol. The summed E-state index contributed by atoms with van der Waals surface area (Å²) in [5.41, 5.74) is 8.66. The van der Waals surface area contributed by atoms with Crippen molar-refractivity contribution in [3.05, 3.63) is 41.5 Å². The summed E-state index contributed by atoms with van der Waals surface area (Å²) < 4.78 is 1.99. The van der Waals surface area contributed by atoms with Crippen LogP contribution >= 0.6 is 12.2 Å². The minimum absolute atomic E-state index is 0.388. The molecule has 0 amide bonds. The number of nitrogens with two attached hydrogens (primary N) is 1. The van der Waals surface area contributed by atoms with Gasteiger partial charge in [-0.1, -0.05) is 18.3 Å². The van der Waals surface area contributed by atoms with Crippen molar-refractivity contribution < 1.29 is 0 Å². The van der Waals surface area contributed by atoms with Crippen LogP contribution in [0.4, 0.5) is 5.69 Å². The van der Waals surface area contributed by atoms with E-state index in [2.05, 4.69) is 22.4 Å². The lowest BCUT2D eigenvalue weighted by molar-refractivity contribution is 0.708. The Morgan fingerprint density at radius 3 is 2.95 bits per heavy atom. The lowest BCUT2D eigenvalue weighted by Crippen LogP contribution is -2.14. The lowest BCUT2D eigenvalue weighted by Gasteiger charge is -2.12. The predicted octanol–water partition coefficient (Wildman–Crippen LogP) is 1.85. The van der Waals surface area contributed by atoms with Crippen molar-refractivity contribution in [1.82, 2.24) is 14.8 Å². The van der Waals surface area contributed by atoms with Crippen LogP contribution in [-0.2, 0) is 13.1 Å². The van der Waals surface area contributed by atoms with Crippen LogP contribution in [0.25, 0.3) is 0 Å². The maximum Gasteiger partial charge on any atom is 0.152 e. The number of nitrogens with one attached hydrogen (secondary N) is 1. The first-order chi connectivity index (χ1) is 9.11. The van der Waals surface area contributed by atoms with Gasteiger partial charge in [0.2, 0.25) is 0 Å². The minimum Gasteiger partial charge on any atom is -0.389 e. The van der Waals surface area contributed by atoms with Crippen LogP contribution in [0.1, 0.15) is 23.9 Å². The summed E-state index contributed by atoms with van der Waals surface area (Å²) in [6, 6.07) is 5.96. The molecule has 1 heterocycles. The molecular weight excluding hydrogens is 258 g/mol. The first kappa shape index (κ1) is 13.5. The van der Waals surface area contributed by atoms with E-state index in [0.29, 0.717) is 11.5 Å². The molecule has 100 valence electrons. The third-order valence-corrected chi connectivity index (χ3v) is 3.13.